The van der Waals surface area contributed by atoms with Gasteiger partial charge in [-0.15, -0.1) is 10.1 Å². The Balaban J connectivity index is 0. The number of guanidine groups is 1. The summed E-state index contributed by atoms with van der Waals surface area (Å²) < 4.78 is 0. The van der Waals surface area contributed by atoms with Crippen LogP contribution in [0, 0.1) is 15.5 Å². The number of carboxylic acids is 1. The highest BCUT2D eigenvalue weighted by atomic mass is 16.9. The molecule has 0 radical (unpaired) electrons. The molecular weight excluding hydrogens is 184 g/mol. The van der Waals surface area contributed by atoms with Crippen LogP contribution < -0.4 is 5.73 Å². The molecule has 0 heterocycles. The predicted octanol–water partition coefficient (Wildman–Crippen LogP) is -1.45. The molecule has 0 aliphatic rings. The molecule has 0 unspecified atom stereocenters. The smallest absolute Gasteiger partial charge is 0.323 e. The Kier molecular flexibility index (Phi) is 6.91. The van der Waals surface area contributed by atoms with Crippen LogP contribution in [0.15, 0.2) is 0 Å². The zero-order chi connectivity index (χ0) is 11.0. The van der Waals surface area contributed by atoms with Crippen molar-refractivity contribution in [3.63, 3.8) is 0 Å². The van der Waals surface area contributed by atoms with E-state index in [1.165, 1.54) is 7.05 Å². The number of hydrogen-bond donors (Lipinski definition) is 4. The second-order valence-electron chi connectivity index (χ2n) is 1.87. The van der Waals surface area contributed by atoms with Gasteiger partial charge in [0.25, 0.3) is 5.09 Å². The molecule has 0 atom stereocenters. The van der Waals surface area contributed by atoms with E-state index in [1.807, 2.05) is 0 Å². The van der Waals surface area contributed by atoms with Gasteiger partial charge < -0.3 is 20.9 Å². The molecule has 0 bridgehead atoms. The maximum Gasteiger partial charge on any atom is 0.323 e. The molecule has 0 aliphatic heterocycles. The quantitative estimate of drug-likeness (QED) is 0.181. The largest absolute Gasteiger partial charge is 0.480 e. The number of rotatable bonds is 2. The molecule has 0 aliphatic carbocycles. The number of carboxylic acid groups (broad SMARTS) is 1. The lowest BCUT2D eigenvalue weighted by Crippen LogP contribution is -2.36. The van der Waals surface area contributed by atoms with Gasteiger partial charge >= 0.3 is 5.97 Å². The fourth-order valence-electron chi connectivity index (χ4n) is 0.288. The van der Waals surface area contributed by atoms with Crippen LogP contribution >= 0.6 is 0 Å². The zero-order valence-electron chi connectivity index (χ0n) is 6.80. The van der Waals surface area contributed by atoms with Crippen LogP contribution in [0.4, 0.5) is 0 Å². The van der Waals surface area contributed by atoms with Gasteiger partial charge in [-0.05, 0) is 0 Å². The number of aliphatic carboxylic acids is 1. The lowest BCUT2D eigenvalue weighted by atomic mass is 10.6. The fourth-order valence-corrected chi connectivity index (χ4v) is 0.288. The number of nitrogens with zero attached hydrogens (tertiary/aromatic N) is 2. The highest BCUT2D eigenvalue weighted by Gasteiger charge is 2.03. The van der Waals surface area contributed by atoms with Gasteiger partial charge in [0.15, 0.2) is 5.96 Å². The fraction of sp³-hybridized carbons (Fsp3) is 0.500. The van der Waals surface area contributed by atoms with E-state index in [0.29, 0.717) is 0 Å². The van der Waals surface area contributed by atoms with Crippen molar-refractivity contribution in [1.29, 1.82) is 5.41 Å². The first-order valence-corrected chi connectivity index (χ1v) is 2.87. The third-order valence-electron chi connectivity index (χ3n) is 0.784. The van der Waals surface area contributed by atoms with Crippen LogP contribution in [0.3, 0.4) is 0 Å². The van der Waals surface area contributed by atoms with Crippen molar-refractivity contribution in [1.82, 2.24) is 4.90 Å². The summed E-state index contributed by atoms with van der Waals surface area (Å²) in [4.78, 5) is 19.4. The normalized spacial score (nSPS) is 7.77. The minimum absolute atomic E-state index is 0.227. The number of hydrogen-bond acceptors (Lipinski definition) is 4. The van der Waals surface area contributed by atoms with Crippen LogP contribution in [0.1, 0.15) is 0 Å². The van der Waals surface area contributed by atoms with E-state index in [1.54, 1.807) is 0 Å². The molecule has 0 amide bonds. The van der Waals surface area contributed by atoms with E-state index in [2.05, 4.69) is 0 Å². The van der Waals surface area contributed by atoms with Gasteiger partial charge in [0.1, 0.15) is 6.54 Å². The Morgan fingerprint density at radius 1 is 1.77 bits per heavy atom. The van der Waals surface area contributed by atoms with E-state index in [-0.39, 0.29) is 12.5 Å². The molecule has 0 saturated heterocycles. The summed E-state index contributed by atoms with van der Waals surface area (Å²) in [6.07, 6.45) is 0. The van der Waals surface area contributed by atoms with E-state index >= 15 is 0 Å². The topological polar surface area (TPSA) is 154 Å². The summed E-state index contributed by atoms with van der Waals surface area (Å²) in [5.41, 5.74) is 4.93. The average molecular weight is 194 g/mol. The van der Waals surface area contributed by atoms with Crippen LogP contribution in [-0.4, -0.2) is 45.8 Å². The third kappa shape index (κ3) is 17.8. The summed E-state index contributed by atoms with van der Waals surface area (Å²) >= 11 is 0. The summed E-state index contributed by atoms with van der Waals surface area (Å²) in [6, 6.07) is 0. The van der Waals surface area contributed by atoms with Gasteiger partial charge in [0.05, 0.1) is 0 Å². The molecule has 0 aromatic carbocycles. The standard InChI is InChI=1S/C4H9N3O2.HNO3/c1-7(4(5)6)2-3(8)9;2-1(3)4/h2H2,1H3,(H3,5,6)(H,8,9);(H,2,3,4). The van der Waals surface area contributed by atoms with Crippen molar-refractivity contribution in [2.75, 3.05) is 13.6 Å². The van der Waals surface area contributed by atoms with Gasteiger partial charge in [-0.3, -0.25) is 10.2 Å². The minimum atomic E-state index is -1.50. The van der Waals surface area contributed by atoms with Crippen molar-refractivity contribution in [3.8, 4) is 0 Å². The first-order valence-electron chi connectivity index (χ1n) is 2.87. The Morgan fingerprint density at radius 3 is 2.15 bits per heavy atom. The second-order valence-corrected chi connectivity index (χ2v) is 1.87. The highest BCUT2D eigenvalue weighted by molar-refractivity contribution is 5.79. The molecule has 13 heavy (non-hydrogen) atoms. The molecule has 9 nitrogen and oxygen atoms in total. The molecule has 9 heteroatoms. The Hall–Kier alpha value is -2.06. The number of likely N-dealkylation sites (N-methyl/N-ethyl adjacent to an activating group) is 1. The van der Waals surface area contributed by atoms with E-state index in [4.69, 9.17) is 31.6 Å². The van der Waals surface area contributed by atoms with Crippen LogP contribution in [-0.2, 0) is 4.79 Å². The molecule has 5 N–H and O–H groups in total. The lowest BCUT2D eigenvalue weighted by molar-refractivity contribution is -0.742. The van der Waals surface area contributed by atoms with Gasteiger partial charge in [-0.25, -0.2) is 0 Å². The average Bonchev–Trinajstić information content (AvgIpc) is 1.83. The lowest BCUT2D eigenvalue weighted by Gasteiger charge is -2.12. The Labute approximate surface area is 73.0 Å². The number of carbonyl (C=O) groups is 1. The van der Waals surface area contributed by atoms with Gasteiger partial charge in [0, 0.05) is 7.05 Å². The first-order chi connectivity index (χ1) is 5.77. The van der Waals surface area contributed by atoms with E-state index in [9.17, 15) is 4.79 Å². The third-order valence-corrected chi connectivity index (χ3v) is 0.784. The maximum atomic E-state index is 9.92. The predicted molar refractivity (Wildman–Crippen MR) is 41.0 cm³/mol. The molecule has 76 valence electrons. The highest BCUT2D eigenvalue weighted by Crippen LogP contribution is 1.76. The Morgan fingerprint density at radius 2 is 2.08 bits per heavy atom. The number of nitrogens with two attached hydrogens (primary N) is 1. The Bertz CT molecular complexity index is 201. The van der Waals surface area contributed by atoms with E-state index < -0.39 is 11.1 Å². The number of nitrogens with one attached hydrogen (secondary N) is 1. The second kappa shape index (κ2) is 6.64. The molecule has 0 rings (SSSR count). The molecule has 0 fully saturated rings. The van der Waals surface area contributed by atoms with Crippen LogP contribution in [0.5, 0.6) is 0 Å². The molecular formula is C4H10N4O5. The monoisotopic (exact) mass is 194 g/mol. The van der Waals surface area contributed by atoms with Crippen molar-refractivity contribution < 1.29 is 20.2 Å². The van der Waals surface area contributed by atoms with Gasteiger partial charge in [-0.1, -0.05) is 0 Å². The summed E-state index contributed by atoms with van der Waals surface area (Å²) in [7, 11) is 1.44. The SMILES string of the molecule is CN(CC(=O)O)C(=N)N.O=[N+]([O-])O. The van der Waals surface area contributed by atoms with Crippen LogP contribution in [0.2, 0.25) is 0 Å². The molecule has 0 saturated carbocycles. The van der Waals surface area contributed by atoms with Crippen LogP contribution in [0.25, 0.3) is 0 Å². The summed E-state index contributed by atoms with van der Waals surface area (Å²) in [5, 5.41) is 28.5. The minimum Gasteiger partial charge on any atom is -0.480 e. The van der Waals surface area contributed by atoms with Crippen molar-refractivity contribution in [3.05, 3.63) is 10.1 Å². The van der Waals surface area contributed by atoms with Gasteiger partial charge in [-0.2, -0.15) is 0 Å². The molecule has 0 spiro atoms. The van der Waals surface area contributed by atoms with Crippen molar-refractivity contribution in [2.45, 2.75) is 0 Å². The van der Waals surface area contributed by atoms with E-state index in [0.717, 1.165) is 4.90 Å². The molecule has 0 aromatic heterocycles. The summed E-state index contributed by atoms with van der Waals surface area (Å²) in [5.74, 6) is -1.23. The maximum absolute atomic E-state index is 9.92. The zero-order valence-corrected chi connectivity index (χ0v) is 6.80. The first kappa shape index (κ1) is 13.5. The van der Waals surface area contributed by atoms with Crippen molar-refractivity contribution >= 4 is 11.9 Å². The van der Waals surface area contributed by atoms with Gasteiger partial charge in [0.2, 0.25) is 0 Å². The molecule has 0 aromatic rings. The van der Waals surface area contributed by atoms with Crippen molar-refractivity contribution in [2.24, 2.45) is 5.73 Å². The summed E-state index contributed by atoms with van der Waals surface area (Å²) in [6.45, 7) is -0.227.